The summed E-state index contributed by atoms with van der Waals surface area (Å²) in [5, 5.41) is 7.99. The van der Waals surface area contributed by atoms with Crippen molar-refractivity contribution in [3.05, 3.63) is 59.7 Å². The highest BCUT2D eigenvalue weighted by atomic mass is 16.5. The van der Waals surface area contributed by atoms with Crippen molar-refractivity contribution in [1.82, 2.24) is 10.9 Å². The van der Waals surface area contributed by atoms with E-state index in [0.717, 1.165) is 49.7 Å². The van der Waals surface area contributed by atoms with Gasteiger partial charge in [-0.05, 0) is 37.1 Å². The molecule has 0 aliphatic rings. The fourth-order valence-corrected chi connectivity index (χ4v) is 3.28. The Bertz CT molecular complexity index is 882. The molecule has 0 spiro atoms. The minimum Gasteiger partial charge on any atom is -0.496 e. The van der Waals surface area contributed by atoms with E-state index in [2.05, 4.69) is 21.1 Å². The second-order valence-electron chi connectivity index (χ2n) is 7.69. The lowest BCUT2D eigenvalue weighted by Gasteiger charge is -2.04. The standard InChI is InChI=1S/C26H34N4O4/c1-33-23-15-11-9-13-21(23)19-27-29-25(31)17-7-5-3-4-6-8-18-26(32)30-28-20-22-14-10-12-16-24(22)34-2/h9-16,19-20H,3-8,17-18H2,1-2H3,(H,29,31)(H,30,32)/b27-19-,28-20+. The Hall–Kier alpha value is -3.68. The van der Waals surface area contributed by atoms with E-state index in [-0.39, 0.29) is 11.8 Å². The number of para-hydroxylation sites is 2. The molecule has 0 bridgehead atoms. The lowest BCUT2D eigenvalue weighted by molar-refractivity contribution is -0.122. The Morgan fingerprint density at radius 3 is 1.47 bits per heavy atom. The van der Waals surface area contributed by atoms with Gasteiger partial charge in [0.25, 0.3) is 0 Å². The second-order valence-corrected chi connectivity index (χ2v) is 7.69. The van der Waals surface area contributed by atoms with E-state index in [1.807, 2.05) is 48.5 Å². The van der Waals surface area contributed by atoms with Gasteiger partial charge in [0.2, 0.25) is 11.8 Å². The highest BCUT2D eigenvalue weighted by Gasteiger charge is 2.03. The fourth-order valence-electron chi connectivity index (χ4n) is 3.28. The van der Waals surface area contributed by atoms with Crippen molar-refractivity contribution in [3.8, 4) is 11.5 Å². The summed E-state index contributed by atoms with van der Waals surface area (Å²) < 4.78 is 10.5. The van der Waals surface area contributed by atoms with Crippen LogP contribution in [0.3, 0.4) is 0 Å². The minimum absolute atomic E-state index is 0.100. The molecule has 34 heavy (non-hydrogen) atoms. The number of carbonyl (C=O) groups excluding carboxylic acids is 2. The smallest absolute Gasteiger partial charge is 0.240 e. The molecule has 182 valence electrons. The number of nitrogens with zero attached hydrogens (tertiary/aromatic N) is 2. The number of carbonyl (C=O) groups is 2. The Morgan fingerprint density at radius 1 is 0.676 bits per heavy atom. The summed E-state index contributed by atoms with van der Waals surface area (Å²) in [5.41, 5.74) is 6.72. The molecule has 0 heterocycles. The summed E-state index contributed by atoms with van der Waals surface area (Å²) in [4.78, 5) is 23.8. The zero-order chi connectivity index (χ0) is 24.4. The number of amides is 2. The third-order valence-corrected chi connectivity index (χ3v) is 5.12. The molecule has 2 aromatic rings. The predicted molar refractivity (Wildman–Crippen MR) is 134 cm³/mol. The zero-order valence-corrected chi connectivity index (χ0v) is 20.0. The Kier molecular flexibility index (Phi) is 12.5. The minimum atomic E-state index is -0.100. The number of benzene rings is 2. The number of nitrogens with one attached hydrogen (secondary N) is 2. The zero-order valence-electron chi connectivity index (χ0n) is 20.0. The number of rotatable bonds is 15. The quantitative estimate of drug-likeness (QED) is 0.230. The van der Waals surface area contributed by atoms with Crippen molar-refractivity contribution in [2.45, 2.75) is 51.4 Å². The summed E-state index contributed by atoms with van der Waals surface area (Å²) in [6.07, 6.45) is 9.68. The monoisotopic (exact) mass is 466 g/mol. The van der Waals surface area contributed by atoms with Gasteiger partial charge in [0.05, 0.1) is 26.6 Å². The van der Waals surface area contributed by atoms with Crippen molar-refractivity contribution >= 4 is 24.2 Å². The van der Waals surface area contributed by atoms with Crippen LogP contribution in [0.5, 0.6) is 11.5 Å². The van der Waals surface area contributed by atoms with Crippen LogP contribution in [0, 0.1) is 0 Å². The van der Waals surface area contributed by atoms with Crippen molar-refractivity contribution in [2.75, 3.05) is 14.2 Å². The van der Waals surface area contributed by atoms with Crippen molar-refractivity contribution in [1.29, 1.82) is 0 Å². The van der Waals surface area contributed by atoms with Crippen molar-refractivity contribution < 1.29 is 19.1 Å². The molecule has 2 N–H and O–H groups in total. The molecule has 2 amide bonds. The number of unbranched alkanes of at least 4 members (excludes halogenated alkanes) is 5. The first-order valence-corrected chi connectivity index (χ1v) is 11.5. The third-order valence-electron chi connectivity index (χ3n) is 5.12. The molecular weight excluding hydrogens is 432 g/mol. The lowest BCUT2D eigenvalue weighted by Crippen LogP contribution is -2.17. The third kappa shape index (κ3) is 10.3. The van der Waals surface area contributed by atoms with E-state index in [0.29, 0.717) is 24.3 Å². The van der Waals surface area contributed by atoms with Crippen LogP contribution >= 0.6 is 0 Å². The lowest BCUT2D eigenvalue weighted by atomic mass is 10.1. The number of methoxy groups -OCH3 is 2. The summed E-state index contributed by atoms with van der Waals surface area (Å²) in [6, 6.07) is 14.9. The maximum absolute atomic E-state index is 11.9. The van der Waals surface area contributed by atoms with Crippen LogP contribution in [-0.2, 0) is 9.59 Å². The van der Waals surface area contributed by atoms with E-state index in [1.165, 1.54) is 0 Å². The predicted octanol–water partition coefficient (Wildman–Crippen LogP) is 4.43. The van der Waals surface area contributed by atoms with Gasteiger partial charge in [0.15, 0.2) is 0 Å². The molecule has 0 atom stereocenters. The molecule has 0 aliphatic carbocycles. The first-order valence-electron chi connectivity index (χ1n) is 11.5. The van der Waals surface area contributed by atoms with Crippen molar-refractivity contribution in [2.24, 2.45) is 10.2 Å². The van der Waals surface area contributed by atoms with Gasteiger partial charge < -0.3 is 9.47 Å². The average molecular weight is 467 g/mol. The summed E-state index contributed by atoms with van der Waals surface area (Å²) in [6.45, 7) is 0. The number of hydrazone groups is 2. The van der Waals surface area contributed by atoms with Crippen LogP contribution < -0.4 is 20.3 Å². The van der Waals surface area contributed by atoms with E-state index in [1.54, 1.807) is 26.6 Å². The van der Waals surface area contributed by atoms with E-state index in [9.17, 15) is 9.59 Å². The van der Waals surface area contributed by atoms with E-state index < -0.39 is 0 Å². The molecule has 2 rings (SSSR count). The van der Waals surface area contributed by atoms with Crippen LogP contribution in [0.15, 0.2) is 58.7 Å². The number of hydrogen-bond donors (Lipinski definition) is 2. The fraction of sp³-hybridized carbons (Fsp3) is 0.385. The molecule has 8 nitrogen and oxygen atoms in total. The van der Waals surface area contributed by atoms with Crippen LogP contribution in [0.2, 0.25) is 0 Å². The van der Waals surface area contributed by atoms with Crippen LogP contribution in [0.25, 0.3) is 0 Å². The second kappa shape index (κ2) is 16.0. The molecule has 8 heteroatoms. The molecule has 0 saturated carbocycles. The topological polar surface area (TPSA) is 101 Å². The van der Waals surface area contributed by atoms with Gasteiger partial charge in [-0.3, -0.25) is 9.59 Å². The maximum atomic E-state index is 11.9. The first-order chi connectivity index (χ1) is 16.6. The normalized spacial score (nSPS) is 11.0. The molecule has 0 aromatic heterocycles. The van der Waals surface area contributed by atoms with Crippen molar-refractivity contribution in [3.63, 3.8) is 0 Å². The molecule has 0 unspecified atom stereocenters. The van der Waals surface area contributed by atoms with Gasteiger partial charge in [-0.15, -0.1) is 0 Å². The summed E-state index contributed by atoms with van der Waals surface area (Å²) in [5.74, 6) is 1.21. The van der Waals surface area contributed by atoms with Gasteiger partial charge in [-0.2, -0.15) is 10.2 Å². The Morgan fingerprint density at radius 2 is 1.06 bits per heavy atom. The van der Waals surface area contributed by atoms with Gasteiger partial charge in [0, 0.05) is 24.0 Å². The average Bonchev–Trinajstić information content (AvgIpc) is 2.86. The van der Waals surface area contributed by atoms with Crippen LogP contribution in [0.4, 0.5) is 0 Å². The molecule has 2 aromatic carbocycles. The van der Waals surface area contributed by atoms with E-state index in [4.69, 9.17) is 9.47 Å². The Balaban J connectivity index is 1.48. The van der Waals surface area contributed by atoms with Crippen LogP contribution in [0.1, 0.15) is 62.5 Å². The highest BCUT2D eigenvalue weighted by Crippen LogP contribution is 2.15. The molecule has 0 aliphatic heterocycles. The van der Waals surface area contributed by atoms with Gasteiger partial charge in [0.1, 0.15) is 11.5 Å². The molecule has 0 radical (unpaired) electrons. The maximum Gasteiger partial charge on any atom is 0.240 e. The molecule has 0 saturated heterocycles. The first kappa shape index (κ1) is 26.6. The SMILES string of the molecule is COc1ccccc1/C=N\NC(=O)CCCCCCCCC(=O)N/N=C/c1ccccc1OC. The van der Waals surface area contributed by atoms with Gasteiger partial charge in [-0.25, -0.2) is 10.9 Å². The Labute approximate surface area is 201 Å². The highest BCUT2D eigenvalue weighted by molar-refractivity contribution is 5.85. The molecular formula is C26H34N4O4. The largest absolute Gasteiger partial charge is 0.496 e. The van der Waals surface area contributed by atoms with Gasteiger partial charge >= 0.3 is 0 Å². The molecule has 0 fully saturated rings. The van der Waals surface area contributed by atoms with Gasteiger partial charge in [-0.1, -0.05) is 49.9 Å². The van der Waals surface area contributed by atoms with E-state index >= 15 is 0 Å². The van der Waals surface area contributed by atoms with Crippen LogP contribution in [-0.4, -0.2) is 38.5 Å². The summed E-state index contributed by atoms with van der Waals surface area (Å²) in [7, 11) is 3.19. The summed E-state index contributed by atoms with van der Waals surface area (Å²) >= 11 is 0. The number of ether oxygens (including phenoxy) is 2. The number of hydrogen-bond acceptors (Lipinski definition) is 6.